The highest BCUT2D eigenvalue weighted by Crippen LogP contribution is 2.21. The van der Waals surface area contributed by atoms with Crippen molar-refractivity contribution in [2.45, 2.75) is 33.2 Å². The molecule has 2 heterocycles. The molecule has 2 aromatic heterocycles. The van der Waals surface area contributed by atoms with Crippen LogP contribution in [-0.2, 0) is 6.42 Å². The predicted octanol–water partition coefficient (Wildman–Crippen LogP) is 3.41. The van der Waals surface area contributed by atoms with Crippen LogP contribution >= 0.6 is 0 Å². The van der Waals surface area contributed by atoms with Crippen molar-refractivity contribution in [2.24, 2.45) is 5.92 Å². The average Bonchev–Trinajstić information content (AvgIpc) is 3.16. The van der Waals surface area contributed by atoms with E-state index in [2.05, 4.69) is 23.9 Å². The standard InChI is InChI=1S/C17H20FN5/c1-12(2)10-16-20-17(13(3)22-9-8-19-11-22)23(21-16)15-6-4-14(18)5-7-15/h4-9,11-13H,10H2,1-3H3/t13-/m0/s1. The summed E-state index contributed by atoms with van der Waals surface area (Å²) >= 11 is 0. The van der Waals surface area contributed by atoms with Gasteiger partial charge in [-0.15, -0.1) is 0 Å². The predicted molar refractivity (Wildman–Crippen MR) is 85.9 cm³/mol. The zero-order valence-electron chi connectivity index (χ0n) is 13.5. The first-order valence-electron chi connectivity index (χ1n) is 7.74. The van der Waals surface area contributed by atoms with Crippen molar-refractivity contribution in [1.29, 1.82) is 0 Å². The first-order valence-corrected chi connectivity index (χ1v) is 7.74. The van der Waals surface area contributed by atoms with Crippen molar-refractivity contribution in [3.8, 4) is 5.69 Å². The van der Waals surface area contributed by atoms with Crippen LogP contribution in [0, 0.1) is 11.7 Å². The van der Waals surface area contributed by atoms with Gasteiger partial charge >= 0.3 is 0 Å². The molecule has 120 valence electrons. The van der Waals surface area contributed by atoms with E-state index in [9.17, 15) is 4.39 Å². The fourth-order valence-corrected chi connectivity index (χ4v) is 2.49. The Bertz CT molecular complexity index is 759. The quantitative estimate of drug-likeness (QED) is 0.725. The first kappa shape index (κ1) is 15.4. The summed E-state index contributed by atoms with van der Waals surface area (Å²) in [7, 11) is 0. The molecule has 0 spiro atoms. The lowest BCUT2D eigenvalue weighted by molar-refractivity contribution is 0.577. The molecule has 3 aromatic rings. The Morgan fingerprint density at radius 2 is 1.87 bits per heavy atom. The van der Waals surface area contributed by atoms with E-state index in [1.165, 1.54) is 12.1 Å². The number of halogens is 1. The largest absolute Gasteiger partial charge is 0.327 e. The third-order valence-electron chi connectivity index (χ3n) is 3.68. The van der Waals surface area contributed by atoms with Gasteiger partial charge in [-0.3, -0.25) is 0 Å². The molecule has 1 atom stereocenters. The number of nitrogens with zero attached hydrogens (tertiary/aromatic N) is 5. The molecule has 0 saturated carbocycles. The minimum atomic E-state index is -0.263. The lowest BCUT2D eigenvalue weighted by atomic mass is 10.1. The maximum atomic E-state index is 13.2. The fraction of sp³-hybridized carbons (Fsp3) is 0.353. The summed E-state index contributed by atoms with van der Waals surface area (Å²) in [6.07, 6.45) is 6.20. The van der Waals surface area contributed by atoms with Gasteiger partial charge in [0.15, 0.2) is 11.6 Å². The van der Waals surface area contributed by atoms with Crippen molar-refractivity contribution < 1.29 is 4.39 Å². The Kier molecular flexibility index (Phi) is 4.23. The van der Waals surface area contributed by atoms with E-state index in [1.807, 2.05) is 17.7 Å². The van der Waals surface area contributed by atoms with E-state index in [-0.39, 0.29) is 11.9 Å². The second kappa shape index (κ2) is 6.32. The van der Waals surface area contributed by atoms with Gasteiger partial charge in [0.2, 0.25) is 0 Å². The van der Waals surface area contributed by atoms with Crippen LogP contribution in [-0.4, -0.2) is 24.3 Å². The summed E-state index contributed by atoms with van der Waals surface area (Å²) in [5, 5.41) is 4.63. The van der Waals surface area contributed by atoms with Gasteiger partial charge in [-0.05, 0) is 37.1 Å². The molecule has 0 unspecified atom stereocenters. The molecule has 0 aliphatic rings. The molecule has 23 heavy (non-hydrogen) atoms. The summed E-state index contributed by atoms with van der Waals surface area (Å²) in [6.45, 7) is 6.32. The van der Waals surface area contributed by atoms with Gasteiger partial charge in [0, 0.05) is 18.8 Å². The molecule has 0 radical (unpaired) electrons. The minimum absolute atomic E-state index is 0.0176. The van der Waals surface area contributed by atoms with Crippen LogP contribution in [0.4, 0.5) is 4.39 Å². The average molecular weight is 313 g/mol. The lowest BCUT2D eigenvalue weighted by Crippen LogP contribution is -2.12. The van der Waals surface area contributed by atoms with E-state index >= 15 is 0 Å². The second-order valence-electron chi connectivity index (χ2n) is 6.06. The Balaban J connectivity index is 2.05. The van der Waals surface area contributed by atoms with Crippen LogP contribution in [0.5, 0.6) is 0 Å². The third kappa shape index (κ3) is 3.31. The Morgan fingerprint density at radius 1 is 1.13 bits per heavy atom. The number of benzene rings is 1. The molecule has 0 aliphatic heterocycles. The zero-order chi connectivity index (χ0) is 16.4. The van der Waals surface area contributed by atoms with Crippen molar-refractivity contribution in [2.75, 3.05) is 0 Å². The van der Waals surface area contributed by atoms with E-state index < -0.39 is 0 Å². The topological polar surface area (TPSA) is 48.5 Å². The molecule has 5 nitrogen and oxygen atoms in total. The van der Waals surface area contributed by atoms with Crippen molar-refractivity contribution in [3.63, 3.8) is 0 Å². The normalized spacial score (nSPS) is 12.7. The number of imidazole rings is 1. The van der Waals surface area contributed by atoms with Gasteiger partial charge in [-0.1, -0.05) is 13.8 Å². The van der Waals surface area contributed by atoms with Gasteiger partial charge in [0.25, 0.3) is 0 Å². The van der Waals surface area contributed by atoms with E-state index in [0.29, 0.717) is 5.92 Å². The molecule has 0 saturated heterocycles. The molecule has 0 bridgehead atoms. The number of hydrogen-bond donors (Lipinski definition) is 0. The monoisotopic (exact) mass is 313 g/mol. The molecule has 1 aromatic carbocycles. The van der Waals surface area contributed by atoms with Gasteiger partial charge in [-0.25, -0.2) is 19.0 Å². The first-order chi connectivity index (χ1) is 11.0. The number of aromatic nitrogens is 5. The van der Waals surface area contributed by atoms with Crippen molar-refractivity contribution >= 4 is 0 Å². The van der Waals surface area contributed by atoms with Crippen LogP contribution in [0.2, 0.25) is 0 Å². The maximum absolute atomic E-state index is 13.2. The summed E-state index contributed by atoms with van der Waals surface area (Å²) in [6, 6.07) is 6.28. The smallest absolute Gasteiger partial charge is 0.155 e. The molecule has 0 aliphatic carbocycles. The van der Waals surface area contributed by atoms with Crippen LogP contribution in [0.25, 0.3) is 5.69 Å². The minimum Gasteiger partial charge on any atom is -0.327 e. The van der Waals surface area contributed by atoms with Gasteiger partial charge in [-0.2, -0.15) is 5.10 Å². The van der Waals surface area contributed by atoms with E-state index in [0.717, 1.165) is 23.8 Å². The van der Waals surface area contributed by atoms with Crippen LogP contribution in [0.3, 0.4) is 0 Å². The van der Waals surface area contributed by atoms with Gasteiger partial charge in [0.1, 0.15) is 5.82 Å². The molecule has 0 amide bonds. The molecule has 0 N–H and O–H groups in total. The zero-order valence-corrected chi connectivity index (χ0v) is 13.5. The SMILES string of the molecule is CC(C)Cc1nc([C@H](C)n2ccnc2)n(-c2ccc(F)cc2)n1. The van der Waals surface area contributed by atoms with E-state index in [4.69, 9.17) is 4.98 Å². The summed E-state index contributed by atoms with van der Waals surface area (Å²) in [5.74, 6) is 1.81. The highest BCUT2D eigenvalue weighted by molar-refractivity contribution is 5.32. The molecular weight excluding hydrogens is 293 g/mol. The Labute approximate surface area is 134 Å². The highest BCUT2D eigenvalue weighted by atomic mass is 19.1. The lowest BCUT2D eigenvalue weighted by Gasteiger charge is -2.13. The summed E-state index contributed by atoms with van der Waals surface area (Å²) in [5.41, 5.74) is 0.802. The highest BCUT2D eigenvalue weighted by Gasteiger charge is 2.19. The molecule has 3 rings (SSSR count). The van der Waals surface area contributed by atoms with Crippen LogP contribution in [0.15, 0.2) is 43.0 Å². The fourth-order valence-electron chi connectivity index (χ4n) is 2.49. The Hall–Kier alpha value is -2.50. The van der Waals surface area contributed by atoms with Crippen molar-refractivity contribution in [1.82, 2.24) is 24.3 Å². The van der Waals surface area contributed by atoms with Crippen LogP contribution in [0.1, 0.15) is 38.5 Å². The van der Waals surface area contributed by atoms with E-state index in [1.54, 1.807) is 29.3 Å². The van der Waals surface area contributed by atoms with Gasteiger partial charge in [0.05, 0.1) is 18.1 Å². The molecule has 0 fully saturated rings. The molecule has 6 heteroatoms. The van der Waals surface area contributed by atoms with Gasteiger partial charge < -0.3 is 4.57 Å². The second-order valence-corrected chi connectivity index (χ2v) is 6.06. The van der Waals surface area contributed by atoms with Crippen molar-refractivity contribution in [3.05, 3.63) is 60.5 Å². The molecular formula is C17H20FN5. The number of hydrogen-bond acceptors (Lipinski definition) is 3. The number of rotatable bonds is 5. The summed E-state index contributed by atoms with van der Waals surface area (Å²) < 4.78 is 17.0. The summed E-state index contributed by atoms with van der Waals surface area (Å²) in [4.78, 5) is 8.81. The third-order valence-corrected chi connectivity index (χ3v) is 3.68. The maximum Gasteiger partial charge on any atom is 0.155 e. The Morgan fingerprint density at radius 3 is 2.48 bits per heavy atom. The van der Waals surface area contributed by atoms with Crippen LogP contribution < -0.4 is 0 Å².